The Kier molecular flexibility index (Phi) is 3.49. The average molecular weight is 201 g/mol. The highest BCUT2D eigenvalue weighted by atomic mass is 16.4. The Morgan fingerprint density at radius 3 is 2.43 bits per heavy atom. The molecule has 0 aromatic heterocycles. The third kappa shape index (κ3) is 3.01. The van der Waals surface area contributed by atoms with E-state index in [4.69, 9.17) is 10.2 Å². The molecule has 5 heteroatoms. The molecule has 14 heavy (non-hydrogen) atoms. The van der Waals surface area contributed by atoms with Gasteiger partial charge in [0.2, 0.25) is 0 Å². The largest absolute Gasteiger partial charge is 0.478 e. The van der Waals surface area contributed by atoms with Crippen LogP contribution in [0.25, 0.3) is 0 Å². The Morgan fingerprint density at radius 2 is 2.00 bits per heavy atom. The van der Waals surface area contributed by atoms with Crippen LogP contribution in [0, 0.1) is 0 Å². The van der Waals surface area contributed by atoms with Crippen molar-refractivity contribution in [1.29, 1.82) is 0 Å². The van der Waals surface area contributed by atoms with Gasteiger partial charge in [-0.3, -0.25) is 0 Å². The van der Waals surface area contributed by atoms with E-state index in [9.17, 15) is 9.90 Å². The molecule has 1 heterocycles. The Hall–Kier alpha value is -1.07. The topological polar surface area (TPSA) is 81.0 Å². The number of aliphatic hydroxyl groups excluding tert-OH is 1. The predicted molar refractivity (Wildman–Crippen MR) is 49.6 cm³/mol. The molecular formula is C9H15NO4. The van der Waals surface area contributed by atoms with Crippen LogP contribution in [0.15, 0.2) is 12.3 Å². The minimum Gasteiger partial charge on any atom is -0.478 e. The number of aliphatic hydroxyl groups is 2. The third-order valence-corrected chi connectivity index (χ3v) is 2.45. The van der Waals surface area contributed by atoms with Gasteiger partial charge in [0, 0.05) is 25.4 Å². The zero-order valence-electron chi connectivity index (χ0n) is 7.89. The standard InChI is InChI=1S/C9H15NO4/c11-7-9(14)2-5-10(6-3-9)4-1-8(12)13/h1,4,11,14H,2-3,5-7H2,(H,12,13)/b4-1+. The van der Waals surface area contributed by atoms with Crippen LogP contribution in [0.3, 0.4) is 0 Å². The Labute approximate surface area is 82.3 Å². The fraction of sp³-hybridized carbons (Fsp3) is 0.667. The van der Waals surface area contributed by atoms with Gasteiger partial charge in [0.25, 0.3) is 0 Å². The van der Waals surface area contributed by atoms with Gasteiger partial charge in [-0.1, -0.05) is 0 Å². The highest BCUT2D eigenvalue weighted by Crippen LogP contribution is 2.21. The fourth-order valence-corrected chi connectivity index (χ4v) is 1.42. The molecule has 0 spiro atoms. The van der Waals surface area contributed by atoms with Gasteiger partial charge in [-0.15, -0.1) is 0 Å². The molecule has 0 atom stereocenters. The minimum atomic E-state index is -0.979. The number of likely N-dealkylation sites (tertiary alicyclic amines) is 1. The summed E-state index contributed by atoms with van der Waals surface area (Å²) in [4.78, 5) is 12.0. The molecule has 0 amide bonds. The monoisotopic (exact) mass is 201 g/mol. The number of carboxylic acids is 1. The molecule has 80 valence electrons. The van der Waals surface area contributed by atoms with E-state index < -0.39 is 11.6 Å². The van der Waals surface area contributed by atoms with Crippen molar-refractivity contribution in [2.75, 3.05) is 19.7 Å². The van der Waals surface area contributed by atoms with Crippen LogP contribution >= 0.6 is 0 Å². The SMILES string of the molecule is O=C(O)/C=C/N1CCC(O)(CO)CC1. The lowest BCUT2D eigenvalue weighted by molar-refractivity contribution is -0.131. The van der Waals surface area contributed by atoms with Crippen LogP contribution in [0.2, 0.25) is 0 Å². The minimum absolute atomic E-state index is 0.233. The summed E-state index contributed by atoms with van der Waals surface area (Å²) in [6.07, 6.45) is 3.50. The van der Waals surface area contributed by atoms with Gasteiger partial charge in [0.05, 0.1) is 12.2 Å². The lowest BCUT2D eigenvalue weighted by Crippen LogP contribution is -2.44. The first kappa shape index (κ1) is 11.0. The van der Waals surface area contributed by atoms with Gasteiger partial charge < -0.3 is 20.2 Å². The molecule has 0 unspecified atom stereocenters. The highest BCUT2D eigenvalue weighted by molar-refractivity contribution is 5.79. The number of hydrogen-bond donors (Lipinski definition) is 3. The summed E-state index contributed by atoms with van der Waals surface area (Å²) in [6.45, 7) is 0.908. The maximum absolute atomic E-state index is 10.2. The van der Waals surface area contributed by atoms with Crippen molar-refractivity contribution in [3.63, 3.8) is 0 Å². The maximum Gasteiger partial charge on any atom is 0.329 e. The normalized spacial score (nSPS) is 21.4. The zero-order chi connectivity index (χ0) is 10.6. The van der Waals surface area contributed by atoms with Crippen molar-refractivity contribution in [3.05, 3.63) is 12.3 Å². The van der Waals surface area contributed by atoms with Crippen molar-refractivity contribution >= 4 is 5.97 Å². The number of carboxylic acid groups (broad SMARTS) is 1. The number of rotatable bonds is 3. The summed E-state index contributed by atoms with van der Waals surface area (Å²) < 4.78 is 0. The van der Waals surface area contributed by atoms with Gasteiger partial charge in [0.15, 0.2) is 0 Å². The van der Waals surface area contributed by atoms with Crippen LogP contribution in [0.4, 0.5) is 0 Å². The van der Waals surface area contributed by atoms with E-state index in [1.807, 2.05) is 4.90 Å². The van der Waals surface area contributed by atoms with Gasteiger partial charge in [-0.05, 0) is 12.8 Å². The van der Waals surface area contributed by atoms with E-state index in [0.29, 0.717) is 25.9 Å². The second-order valence-corrected chi connectivity index (χ2v) is 3.57. The van der Waals surface area contributed by atoms with Gasteiger partial charge in [0.1, 0.15) is 0 Å². The predicted octanol–water partition coefficient (Wildman–Crippen LogP) is -0.596. The van der Waals surface area contributed by atoms with E-state index in [-0.39, 0.29) is 6.61 Å². The Bertz CT molecular complexity index is 231. The van der Waals surface area contributed by atoms with Crippen LogP contribution in [0.5, 0.6) is 0 Å². The summed E-state index contributed by atoms with van der Waals surface area (Å²) >= 11 is 0. The van der Waals surface area contributed by atoms with E-state index in [1.165, 1.54) is 6.20 Å². The van der Waals surface area contributed by atoms with Crippen LogP contribution in [0.1, 0.15) is 12.8 Å². The van der Waals surface area contributed by atoms with E-state index in [2.05, 4.69) is 0 Å². The molecule has 0 radical (unpaired) electrons. The molecule has 0 aliphatic carbocycles. The zero-order valence-corrected chi connectivity index (χ0v) is 7.89. The lowest BCUT2D eigenvalue weighted by atomic mass is 9.93. The van der Waals surface area contributed by atoms with Crippen molar-refractivity contribution in [3.8, 4) is 0 Å². The van der Waals surface area contributed by atoms with Gasteiger partial charge in [-0.25, -0.2) is 4.79 Å². The second-order valence-electron chi connectivity index (χ2n) is 3.57. The van der Waals surface area contributed by atoms with Crippen molar-refractivity contribution in [1.82, 2.24) is 4.90 Å². The van der Waals surface area contributed by atoms with Gasteiger partial charge >= 0.3 is 5.97 Å². The molecule has 0 aromatic rings. The summed E-state index contributed by atoms with van der Waals surface area (Å²) in [5.74, 6) is -0.979. The number of hydrogen-bond acceptors (Lipinski definition) is 4. The first-order chi connectivity index (χ1) is 6.56. The number of piperidine rings is 1. The fourth-order valence-electron chi connectivity index (χ4n) is 1.42. The molecule has 1 rings (SSSR count). The number of carbonyl (C=O) groups is 1. The lowest BCUT2D eigenvalue weighted by Gasteiger charge is -2.36. The molecule has 0 bridgehead atoms. The molecule has 0 saturated carbocycles. The Balaban J connectivity index is 2.39. The molecular weight excluding hydrogens is 186 g/mol. The summed E-state index contributed by atoms with van der Waals surface area (Å²) in [6, 6.07) is 0. The average Bonchev–Trinajstić information content (AvgIpc) is 2.17. The molecule has 1 saturated heterocycles. The molecule has 5 nitrogen and oxygen atoms in total. The van der Waals surface area contributed by atoms with E-state index >= 15 is 0 Å². The van der Waals surface area contributed by atoms with Crippen molar-refractivity contribution in [2.24, 2.45) is 0 Å². The third-order valence-electron chi connectivity index (χ3n) is 2.45. The summed E-state index contributed by atoms with van der Waals surface area (Å²) in [7, 11) is 0. The summed E-state index contributed by atoms with van der Waals surface area (Å²) in [5.41, 5.74) is -0.979. The molecule has 1 fully saturated rings. The van der Waals surface area contributed by atoms with Crippen LogP contribution < -0.4 is 0 Å². The smallest absolute Gasteiger partial charge is 0.329 e. The van der Waals surface area contributed by atoms with Gasteiger partial charge in [-0.2, -0.15) is 0 Å². The Morgan fingerprint density at radius 1 is 1.43 bits per heavy atom. The first-order valence-electron chi connectivity index (χ1n) is 4.54. The molecule has 0 aromatic carbocycles. The number of aliphatic carboxylic acids is 1. The second kappa shape index (κ2) is 4.43. The first-order valence-corrected chi connectivity index (χ1v) is 4.54. The molecule has 1 aliphatic rings. The van der Waals surface area contributed by atoms with Crippen molar-refractivity contribution in [2.45, 2.75) is 18.4 Å². The van der Waals surface area contributed by atoms with E-state index in [1.54, 1.807) is 0 Å². The number of nitrogens with zero attached hydrogens (tertiary/aromatic N) is 1. The van der Waals surface area contributed by atoms with Crippen LogP contribution in [-0.4, -0.2) is 51.5 Å². The maximum atomic E-state index is 10.2. The quantitative estimate of drug-likeness (QED) is 0.531. The summed E-state index contributed by atoms with van der Waals surface area (Å²) in [5, 5.41) is 26.9. The molecule has 1 aliphatic heterocycles. The molecule has 3 N–H and O–H groups in total. The highest BCUT2D eigenvalue weighted by Gasteiger charge is 2.30. The van der Waals surface area contributed by atoms with Crippen molar-refractivity contribution < 1.29 is 20.1 Å². The van der Waals surface area contributed by atoms with Crippen LogP contribution in [-0.2, 0) is 4.79 Å². The van der Waals surface area contributed by atoms with E-state index in [0.717, 1.165) is 6.08 Å².